The highest BCUT2D eigenvalue weighted by Crippen LogP contribution is 2.25. The molecule has 28 heavy (non-hydrogen) atoms. The predicted octanol–water partition coefficient (Wildman–Crippen LogP) is 3.43. The van der Waals surface area contributed by atoms with Crippen molar-refractivity contribution in [2.45, 2.75) is 6.92 Å². The van der Waals surface area contributed by atoms with Gasteiger partial charge in [0.25, 0.3) is 11.6 Å². The van der Waals surface area contributed by atoms with Crippen LogP contribution < -0.4 is 10.2 Å². The van der Waals surface area contributed by atoms with Gasteiger partial charge in [0.05, 0.1) is 16.3 Å². The minimum absolute atomic E-state index is 0.00603. The summed E-state index contributed by atoms with van der Waals surface area (Å²) in [7, 11) is 0. The fourth-order valence-corrected chi connectivity index (χ4v) is 3.17. The molecule has 2 amide bonds. The van der Waals surface area contributed by atoms with Gasteiger partial charge in [-0.3, -0.25) is 29.6 Å². The van der Waals surface area contributed by atoms with Gasteiger partial charge in [-0.25, -0.2) is 0 Å². The molecule has 0 aromatic heterocycles. The lowest BCUT2D eigenvalue weighted by Gasteiger charge is -2.30. The Balaban J connectivity index is 1.88. The number of carbonyl (C=O) groups is 2. The average molecular weight is 461 g/mol. The number of aliphatic imine (C=N–C) groups is 1. The second-order valence-electron chi connectivity index (χ2n) is 5.93. The van der Waals surface area contributed by atoms with Crippen LogP contribution in [0.1, 0.15) is 5.56 Å². The van der Waals surface area contributed by atoms with Gasteiger partial charge in [0.15, 0.2) is 11.0 Å². The topological polar surface area (TPSA) is 105 Å². The van der Waals surface area contributed by atoms with E-state index in [0.717, 1.165) is 4.47 Å². The number of halogens is 1. The van der Waals surface area contributed by atoms with Crippen molar-refractivity contribution in [3.8, 4) is 0 Å². The molecule has 3 rings (SSSR count). The quantitative estimate of drug-likeness (QED) is 0.247. The number of nitrogens with one attached hydrogen (secondary N) is 1. The number of nitro groups is 1. The van der Waals surface area contributed by atoms with Gasteiger partial charge in [-0.1, -0.05) is 15.9 Å². The molecule has 2 aromatic rings. The number of carbonyl (C=O) groups excluding carboxylic acids is 2. The van der Waals surface area contributed by atoms with Crippen LogP contribution in [0.5, 0.6) is 0 Å². The summed E-state index contributed by atoms with van der Waals surface area (Å²) in [5, 5.41) is 13.3. The number of amides is 2. The Morgan fingerprint density at radius 3 is 2.54 bits per heavy atom. The predicted molar refractivity (Wildman–Crippen MR) is 112 cm³/mol. The van der Waals surface area contributed by atoms with E-state index in [1.54, 1.807) is 31.2 Å². The SMILES string of the molecule is Cc1cc([N+](=O)[O-])ccc1N=C[C@@H]1C(=O)NC(=S)N(c2ccc(Br)cc2)C1=O. The van der Waals surface area contributed by atoms with Gasteiger partial charge in [-0.2, -0.15) is 0 Å². The Morgan fingerprint density at radius 1 is 1.25 bits per heavy atom. The van der Waals surface area contributed by atoms with E-state index in [-0.39, 0.29) is 10.8 Å². The van der Waals surface area contributed by atoms with Crippen LogP contribution in [0.4, 0.5) is 17.1 Å². The van der Waals surface area contributed by atoms with Gasteiger partial charge in [0.1, 0.15) is 0 Å². The van der Waals surface area contributed by atoms with Crippen LogP contribution in [0.2, 0.25) is 0 Å². The van der Waals surface area contributed by atoms with Crippen molar-refractivity contribution in [3.05, 3.63) is 62.6 Å². The maximum absolute atomic E-state index is 12.9. The van der Waals surface area contributed by atoms with Crippen LogP contribution >= 0.6 is 28.1 Å². The van der Waals surface area contributed by atoms with Gasteiger partial charge in [-0.15, -0.1) is 0 Å². The maximum Gasteiger partial charge on any atom is 0.269 e. The number of aryl methyl sites for hydroxylation is 1. The summed E-state index contributed by atoms with van der Waals surface area (Å²) >= 11 is 8.46. The highest BCUT2D eigenvalue weighted by atomic mass is 79.9. The molecule has 0 bridgehead atoms. The average Bonchev–Trinajstić information content (AvgIpc) is 2.63. The van der Waals surface area contributed by atoms with Gasteiger partial charge in [0, 0.05) is 22.8 Å². The molecule has 1 fully saturated rings. The van der Waals surface area contributed by atoms with Crippen LogP contribution in [0, 0.1) is 23.0 Å². The Hall–Kier alpha value is -2.98. The van der Waals surface area contributed by atoms with E-state index in [9.17, 15) is 19.7 Å². The van der Waals surface area contributed by atoms with E-state index in [1.165, 1.54) is 29.3 Å². The van der Waals surface area contributed by atoms with Crippen LogP contribution in [-0.4, -0.2) is 28.1 Å². The Morgan fingerprint density at radius 2 is 1.93 bits per heavy atom. The van der Waals surface area contributed by atoms with Gasteiger partial charge in [0.2, 0.25) is 5.91 Å². The number of non-ortho nitro benzene ring substituents is 1. The van der Waals surface area contributed by atoms with Crippen molar-refractivity contribution in [2.75, 3.05) is 4.90 Å². The minimum Gasteiger partial charge on any atom is -0.301 e. The summed E-state index contributed by atoms with van der Waals surface area (Å²) in [5.41, 5.74) is 1.43. The fourth-order valence-electron chi connectivity index (χ4n) is 2.61. The van der Waals surface area contributed by atoms with E-state index in [1.807, 2.05) is 0 Å². The minimum atomic E-state index is -1.18. The first-order valence-electron chi connectivity index (χ1n) is 8.01. The lowest BCUT2D eigenvalue weighted by molar-refractivity contribution is -0.384. The summed E-state index contributed by atoms with van der Waals surface area (Å²) in [6, 6.07) is 11.0. The second kappa shape index (κ2) is 7.95. The molecule has 1 aliphatic heterocycles. The molecule has 1 saturated heterocycles. The maximum atomic E-state index is 12.9. The van der Waals surface area contributed by atoms with Crippen LogP contribution in [0.25, 0.3) is 0 Å². The third-order valence-corrected chi connectivity index (χ3v) is 4.85. The number of hydrogen-bond acceptors (Lipinski definition) is 6. The standard InChI is InChI=1S/C18H13BrN4O4S/c1-10-8-13(23(26)27)6-7-15(10)20-9-14-16(24)21-18(28)22(17(14)25)12-4-2-11(19)3-5-12/h2-9,14H,1H3,(H,21,24,28)/t14-/m1/s1. The van der Waals surface area contributed by atoms with Crippen molar-refractivity contribution in [1.29, 1.82) is 0 Å². The molecular formula is C18H13BrN4O4S. The monoisotopic (exact) mass is 460 g/mol. The second-order valence-corrected chi connectivity index (χ2v) is 7.23. The molecule has 10 heteroatoms. The molecule has 0 radical (unpaired) electrons. The molecule has 0 spiro atoms. The molecule has 0 unspecified atom stereocenters. The van der Waals surface area contributed by atoms with E-state index >= 15 is 0 Å². The normalized spacial score (nSPS) is 17.1. The van der Waals surface area contributed by atoms with Crippen molar-refractivity contribution >= 4 is 68.4 Å². The lowest BCUT2D eigenvalue weighted by Crippen LogP contribution is -2.58. The zero-order valence-electron chi connectivity index (χ0n) is 14.5. The molecule has 1 atom stereocenters. The Kier molecular flexibility index (Phi) is 5.61. The number of benzene rings is 2. The first-order valence-corrected chi connectivity index (χ1v) is 9.21. The lowest BCUT2D eigenvalue weighted by atomic mass is 10.1. The Bertz CT molecular complexity index is 1020. The van der Waals surface area contributed by atoms with E-state index < -0.39 is 22.7 Å². The van der Waals surface area contributed by atoms with Crippen molar-refractivity contribution < 1.29 is 14.5 Å². The fraction of sp³-hybridized carbons (Fsp3) is 0.111. The third kappa shape index (κ3) is 3.97. The smallest absolute Gasteiger partial charge is 0.269 e. The largest absolute Gasteiger partial charge is 0.301 e. The number of thiocarbonyl (C=S) groups is 1. The number of nitro benzene ring substituents is 1. The highest BCUT2D eigenvalue weighted by Gasteiger charge is 2.38. The number of nitrogens with zero attached hydrogens (tertiary/aromatic N) is 3. The molecular weight excluding hydrogens is 448 g/mol. The van der Waals surface area contributed by atoms with E-state index in [4.69, 9.17) is 12.2 Å². The van der Waals surface area contributed by atoms with Crippen LogP contribution in [-0.2, 0) is 9.59 Å². The molecule has 8 nitrogen and oxygen atoms in total. The molecule has 1 heterocycles. The van der Waals surface area contributed by atoms with Crippen molar-refractivity contribution in [3.63, 3.8) is 0 Å². The van der Waals surface area contributed by atoms with E-state index in [0.29, 0.717) is 16.9 Å². The number of hydrogen-bond donors (Lipinski definition) is 1. The third-order valence-electron chi connectivity index (χ3n) is 4.04. The van der Waals surface area contributed by atoms with Crippen molar-refractivity contribution in [1.82, 2.24) is 5.32 Å². The summed E-state index contributed by atoms with van der Waals surface area (Å²) in [5.74, 6) is -2.28. The molecule has 0 saturated carbocycles. The summed E-state index contributed by atoms with van der Waals surface area (Å²) in [4.78, 5) is 40.9. The van der Waals surface area contributed by atoms with Crippen LogP contribution in [0.15, 0.2) is 51.9 Å². The summed E-state index contributed by atoms with van der Waals surface area (Å²) in [6.45, 7) is 1.66. The summed E-state index contributed by atoms with van der Waals surface area (Å²) < 4.78 is 0.836. The number of rotatable bonds is 4. The first-order chi connectivity index (χ1) is 13.3. The first kappa shape index (κ1) is 19.8. The van der Waals surface area contributed by atoms with Crippen LogP contribution in [0.3, 0.4) is 0 Å². The zero-order chi connectivity index (χ0) is 20.4. The number of anilines is 1. The summed E-state index contributed by atoms with van der Waals surface area (Å²) in [6.07, 6.45) is 1.22. The molecule has 2 aromatic carbocycles. The van der Waals surface area contributed by atoms with Gasteiger partial charge >= 0.3 is 0 Å². The molecule has 1 N–H and O–H groups in total. The van der Waals surface area contributed by atoms with Gasteiger partial charge < -0.3 is 5.32 Å². The highest BCUT2D eigenvalue weighted by molar-refractivity contribution is 9.10. The van der Waals surface area contributed by atoms with Gasteiger partial charge in [-0.05, 0) is 55.0 Å². The molecule has 1 aliphatic rings. The van der Waals surface area contributed by atoms with E-state index in [2.05, 4.69) is 26.2 Å². The zero-order valence-corrected chi connectivity index (χ0v) is 16.9. The molecule has 142 valence electrons. The van der Waals surface area contributed by atoms with Crippen molar-refractivity contribution in [2.24, 2.45) is 10.9 Å². The Labute approximate surface area is 173 Å². The molecule has 0 aliphatic carbocycles.